The normalized spacial score (nSPS) is 10.9. The maximum Gasteiger partial charge on any atom is 0.184 e. The monoisotopic (exact) mass is 338 g/mol. The third-order valence-electron chi connectivity index (χ3n) is 2.95. The minimum atomic E-state index is 0.366. The first kappa shape index (κ1) is 14.3. The Morgan fingerprint density at radius 1 is 1.00 bits per heavy atom. The largest absolute Gasteiger partial charge is 0.248 e. The number of halogens is 3. The highest BCUT2D eigenvalue weighted by Crippen LogP contribution is 2.34. The van der Waals surface area contributed by atoms with Gasteiger partial charge in [0.05, 0.1) is 21.2 Å². The van der Waals surface area contributed by atoms with E-state index in [1.54, 1.807) is 42.2 Å². The van der Waals surface area contributed by atoms with Crippen molar-refractivity contribution in [1.29, 1.82) is 0 Å². The molecule has 0 bridgehead atoms. The minimum Gasteiger partial charge on any atom is -0.248 e. The molecule has 0 saturated heterocycles. The van der Waals surface area contributed by atoms with Gasteiger partial charge < -0.3 is 0 Å². The molecule has 7 heteroatoms. The van der Waals surface area contributed by atoms with Crippen LogP contribution in [0.3, 0.4) is 0 Å². The fourth-order valence-electron chi connectivity index (χ4n) is 1.99. The fraction of sp³-hybridized carbons (Fsp3) is 0.0714. The average molecular weight is 340 g/mol. The number of nitrogens with zero attached hydrogens (tertiary/aromatic N) is 4. The molecule has 2 heterocycles. The maximum absolute atomic E-state index is 6.19. The lowest BCUT2D eigenvalue weighted by molar-refractivity contribution is 0.777. The van der Waals surface area contributed by atoms with Gasteiger partial charge in [0, 0.05) is 13.2 Å². The van der Waals surface area contributed by atoms with Crippen LogP contribution < -0.4 is 0 Å². The first-order chi connectivity index (χ1) is 10.1. The van der Waals surface area contributed by atoms with Gasteiger partial charge in [0.25, 0.3) is 0 Å². The zero-order chi connectivity index (χ0) is 15.0. The Balaban J connectivity index is 2.17. The molecule has 0 amide bonds. The first-order valence-corrected chi connectivity index (χ1v) is 7.17. The van der Waals surface area contributed by atoms with E-state index in [0.717, 1.165) is 0 Å². The number of benzene rings is 1. The second kappa shape index (κ2) is 5.64. The summed E-state index contributed by atoms with van der Waals surface area (Å²) >= 11 is 18.5. The van der Waals surface area contributed by atoms with Crippen LogP contribution in [0.15, 0.2) is 36.5 Å². The Kier molecular flexibility index (Phi) is 3.85. The molecule has 0 aliphatic carbocycles. The quantitative estimate of drug-likeness (QED) is 0.645. The van der Waals surface area contributed by atoms with E-state index in [2.05, 4.69) is 15.1 Å². The van der Waals surface area contributed by atoms with Gasteiger partial charge in [0.15, 0.2) is 11.6 Å². The summed E-state index contributed by atoms with van der Waals surface area (Å²) in [6.45, 7) is 0. The van der Waals surface area contributed by atoms with Crippen LogP contribution in [-0.2, 0) is 7.05 Å². The van der Waals surface area contributed by atoms with Crippen LogP contribution in [0.4, 0.5) is 0 Å². The van der Waals surface area contributed by atoms with E-state index in [9.17, 15) is 0 Å². The Labute approximate surface area is 136 Å². The number of aryl methyl sites for hydroxylation is 1. The highest BCUT2D eigenvalue weighted by molar-refractivity contribution is 6.39. The minimum absolute atomic E-state index is 0.366. The van der Waals surface area contributed by atoms with Crippen molar-refractivity contribution in [3.05, 3.63) is 51.7 Å². The van der Waals surface area contributed by atoms with Crippen molar-refractivity contribution in [1.82, 2.24) is 19.7 Å². The molecule has 0 spiro atoms. The van der Waals surface area contributed by atoms with Crippen molar-refractivity contribution in [2.24, 2.45) is 7.05 Å². The second-order valence-electron chi connectivity index (χ2n) is 4.32. The van der Waals surface area contributed by atoms with Crippen molar-refractivity contribution in [3.8, 4) is 22.8 Å². The van der Waals surface area contributed by atoms with Crippen LogP contribution in [0, 0.1) is 0 Å². The number of pyridine rings is 1. The van der Waals surface area contributed by atoms with Gasteiger partial charge in [-0.2, -0.15) is 5.10 Å². The van der Waals surface area contributed by atoms with Crippen LogP contribution >= 0.6 is 34.8 Å². The van der Waals surface area contributed by atoms with Crippen LogP contribution in [0.25, 0.3) is 22.8 Å². The zero-order valence-corrected chi connectivity index (χ0v) is 13.2. The lowest BCUT2D eigenvalue weighted by atomic mass is 10.2. The fourth-order valence-corrected chi connectivity index (χ4v) is 2.76. The summed E-state index contributed by atoms with van der Waals surface area (Å²) in [5.41, 5.74) is 1.30. The Morgan fingerprint density at radius 3 is 2.38 bits per heavy atom. The van der Waals surface area contributed by atoms with E-state index in [1.807, 2.05) is 6.07 Å². The molecular weight excluding hydrogens is 331 g/mol. The van der Waals surface area contributed by atoms with Crippen LogP contribution in [0.5, 0.6) is 0 Å². The van der Waals surface area contributed by atoms with Crippen LogP contribution in [0.2, 0.25) is 15.2 Å². The predicted octanol–water partition coefficient (Wildman–Crippen LogP) is 4.50. The molecule has 0 saturated carbocycles. The van der Waals surface area contributed by atoms with Gasteiger partial charge >= 0.3 is 0 Å². The average Bonchev–Trinajstić information content (AvgIpc) is 2.81. The van der Waals surface area contributed by atoms with Crippen molar-refractivity contribution in [2.45, 2.75) is 0 Å². The topological polar surface area (TPSA) is 43.6 Å². The summed E-state index contributed by atoms with van der Waals surface area (Å²) in [6, 6.07) is 8.89. The molecule has 0 N–H and O–H groups in total. The van der Waals surface area contributed by atoms with Crippen molar-refractivity contribution in [2.75, 3.05) is 0 Å². The highest BCUT2D eigenvalue weighted by Gasteiger charge is 2.17. The molecule has 0 radical (unpaired) electrons. The summed E-state index contributed by atoms with van der Waals surface area (Å²) in [4.78, 5) is 8.54. The number of hydrogen-bond donors (Lipinski definition) is 0. The van der Waals surface area contributed by atoms with Gasteiger partial charge in [-0.15, -0.1) is 0 Å². The van der Waals surface area contributed by atoms with Crippen LogP contribution in [0.1, 0.15) is 0 Å². The van der Waals surface area contributed by atoms with E-state index in [1.165, 1.54) is 0 Å². The Hall–Kier alpha value is -1.62. The standard InChI is InChI=1S/C14H9Cl3N4/c1-21-14(8-4-3-7-18-12(8)17)19-13(20-21)11-9(15)5-2-6-10(11)16/h2-7H,1H3. The molecule has 3 rings (SSSR count). The molecule has 106 valence electrons. The molecule has 4 nitrogen and oxygen atoms in total. The van der Waals surface area contributed by atoms with E-state index in [4.69, 9.17) is 34.8 Å². The van der Waals surface area contributed by atoms with Crippen molar-refractivity contribution >= 4 is 34.8 Å². The second-order valence-corrected chi connectivity index (χ2v) is 5.49. The molecule has 0 unspecified atom stereocenters. The van der Waals surface area contributed by atoms with Gasteiger partial charge in [-0.05, 0) is 24.3 Å². The number of rotatable bonds is 2. The van der Waals surface area contributed by atoms with Crippen molar-refractivity contribution in [3.63, 3.8) is 0 Å². The van der Waals surface area contributed by atoms with Gasteiger partial charge in [-0.3, -0.25) is 0 Å². The van der Waals surface area contributed by atoms with Gasteiger partial charge in [-0.1, -0.05) is 40.9 Å². The summed E-state index contributed by atoms with van der Waals surface area (Å²) in [7, 11) is 1.78. The summed E-state index contributed by atoms with van der Waals surface area (Å²) in [6.07, 6.45) is 1.62. The van der Waals surface area contributed by atoms with Gasteiger partial charge in [0.1, 0.15) is 5.15 Å². The molecule has 21 heavy (non-hydrogen) atoms. The smallest absolute Gasteiger partial charge is 0.184 e. The van der Waals surface area contributed by atoms with E-state index >= 15 is 0 Å². The molecular formula is C14H9Cl3N4. The summed E-state index contributed by atoms with van der Waals surface area (Å²) < 4.78 is 1.62. The highest BCUT2D eigenvalue weighted by atomic mass is 35.5. The van der Waals surface area contributed by atoms with Crippen LogP contribution in [-0.4, -0.2) is 19.7 Å². The third kappa shape index (κ3) is 2.62. The molecule has 0 fully saturated rings. The first-order valence-electron chi connectivity index (χ1n) is 6.04. The summed E-state index contributed by atoms with van der Waals surface area (Å²) in [5, 5.41) is 5.73. The molecule has 2 aromatic heterocycles. The Bertz CT molecular complexity index is 793. The zero-order valence-electron chi connectivity index (χ0n) is 10.9. The maximum atomic E-state index is 6.19. The number of aromatic nitrogens is 4. The molecule has 3 aromatic rings. The summed E-state index contributed by atoms with van der Waals surface area (Å²) in [5.74, 6) is 1.04. The molecule has 0 atom stereocenters. The molecule has 1 aromatic carbocycles. The van der Waals surface area contributed by atoms with Gasteiger partial charge in [-0.25, -0.2) is 14.6 Å². The van der Waals surface area contributed by atoms with E-state index in [-0.39, 0.29) is 0 Å². The Morgan fingerprint density at radius 2 is 1.71 bits per heavy atom. The lowest BCUT2D eigenvalue weighted by Gasteiger charge is -2.01. The predicted molar refractivity (Wildman–Crippen MR) is 84.7 cm³/mol. The van der Waals surface area contributed by atoms with Crippen molar-refractivity contribution < 1.29 is 0 Å². The van der Waals surface area contributed by atoms with E-state index < -0.39 is 0 Å². The molecule has 0 aliphatic heterocycles. The SMILES string of the molecule is Cn1nc(-c2c(Cl)cccc2Cl)nc1-c1cccnc1Cl. The third-order valence-corrected chi connectivity index (χ3v) is 3.88. The van der Waals surface area contributed by atoms with E-state index in [0.29, 0.717) is 38.0 Å². The molecule has 0 aliphatic rings. The number of hydrogen-bond acceptors (Lipinski definition) is 3. The lowest BCUT2D eigenvalue weighted by Crippen LogP contribution is -1.95. The van der Waals surface area contributed by atoms with Gasteiger partial charge in [0.2, 0.25) is 0 Å².